The number of likely N-dealkylation sites (tertiary alicyclic amines) is 1. The SMILES string of the molecule is CC(C)CC(C(=O)O)n1cc(CN2CC[C@@H](F)C2)ccc1=O. The third kappa shape index (κ3) is 4.16. The molecule has 1 N–H and O–H groups in total. The van der Waals surface area contributed by atoms with E-state index in [-0.39, 0.29) is 11.5 Å². The zero-order valence-corrected chi connectivity index (χ0v) is 13.0. The van der Waals surface area contributed by atoms with Crippen molar-refractivity contribution in [1.29, 1.82) is 0 Å². The predicted molar refractivity (Wildman–Crippen MR) is 81.6 cm³/mol. The molecule has 6 heteroatoms. The molecule has 2 heterocycles. The highest BCUT2D eigenvalue weighted by Gasteiger charge is 2.24. The number of carboxylic acid groups (broad SMARTS) is 1. The van der Waals surface area contributed by atoms with E-state index in [1.165, 1.54) is 10.6 Å². The van der Waals surface area contributed by atoms with Crippen LogP contribution in [0.25, 0.3) is 0 Å². The molecule has 122 valence electrons. The van der Waals surface area contributed by atoms with E-state index in [4.69, 9.17) is 0 Å². The number of aromatic nitrogens is 1. The standard InChI is InChI=1S/C16H23FN2O3/c1-11(2)7-14(16(21)22)19-9-12(3-4-15(19)20)8-18-6-5-13(17)10-18/h3-4,9,11,13-14H,5-8,10H2,1-2H3,(H,21,22)/t13-,14?/m1/s1. The number of rotatable bonds is 6. The van der Waals surface area contributed by atoms with Crippen molar-refractivity contribution in [2.75, 3.05) is 13.1 Å². The van der Waals surface area contributed by atoms with Crippen molar-refractivity contribution in [3.8, 4) is 0 Å². The fourth-order valence-corrected chi connectivity index (χ4v) is 2.85. The maximum absolute atomic E-state index is 13.2. The van der Waals surface area contributed by atoms with Gasteiger partial charge in [-0.05, 0) is 24.3 Å². The number of hydrogen-bond acceptors (Lipinski definition) is 3. The van der Waals surface area contributed by atoms with E-state index in [9.17, 15) is 19.1 Å². The van der Waals surface area contributed by atoms with Gasteiger partial charge in [-0.3, -0.25) is 9.69 Å². The van der Waals surface area contributed by atoms with Crippen LogP contribution in [0.4, 0.5) is 4.39 Å². The normalized spacial score (nSPS) is 20.5. The monoisotopic (exact) mass is 310 g/mol. The summed E-state index contributed by atoms with van der Waals surface area (Å²) in [6, 6.07) is 2.23. The number of carboxylic acids is 1. The summed E-state index contributed by atoms with van der Waals surface area (Å²) in [7, 11) is 0. The zero-order chi connectivity index (χ0) is 16.3. The van der Waals surface area contributed by atoms with Gasteiger partial charge >= 0.3 is 5.97 Å². The smallest absolute Gasteiger partial charge is 0.326 e. The lowest BCUT2D eigenvalue weighted by atomic mass is 10.0. The average molecular weight is 310 g/mol. The second-order valence-electron chi connectivity index (χ2n) is 6.39. The molecule has 0 saturated carbocycles. The van der Waals surface area contributed by atoms with Crippen molar-refractivity contribution in [2.45, 2.75) is 45.4 Å². The Hall–Kier alpha value is -1.69. The van der Waals surface area contributed by atoms with Crippen LogP contribution in [-0.4, -0.2) is 39.8 Å². The van der Waals surface area contributed by atoms with E-state index in [2.05, 4.69) is 0 Å². The minimum Gasteiger partial charge on any atom is -0.480 e. The van der Waals surface area contributed by atoms with E-state index >= 15 is 0 Å². The first-order chi connectivity index (χ1) is 10.4. The van der Waals surface area contributed by atoms with Gasteiger partial charge in [0.15, 0.2) is 0 Å². The Kier molecular flexibility index (Phi) is 5.34. The molecule has 0 aliphatic carbocycles. The van der Waals surface area contributed by atoms with Gasteiger partial charge in [0.2, 0.25) is 0 Å². The molecule has 1 aliphatic rings. The van der Waals surface area contributed by atoms with Crippen LogP contribution in [-0.2, 0) is 11.3 Å². The van der Waals surface area contributed by atoms with E-state index in [0.717, 1.165) is 5.56 Å². The summed E-state index contributed by atoms with van der Waals surface area (Å²) in [5.74, 6) is -0.833. The van der Waals surface area contributed by atoms with E-state index in [1.807, 2.05) is 18.7 Å². The third-order valence-corrected chi connectivity index (χ3v) is 3.94. The lowest BCUT2D eigenvalue weighted by Gasteiger charge is -2.20. The van der Waals surface area contributed by atoms with Gasteiger partial charge in [-0.25, -0.2) is 9.18 Å². The summed E-state index contributed by atoms with van der Waals surface area (Å²) in [6.07, 6.45) is 1.74. The van der Waals surface area contributed by atoms with Gasteiger partial charge in [-0.1, -0.05) is 19.9 Å². The summed E-state index contributed by atoms with van der Waals surface area (Å²) >= 11 is 0. The van der Waals surface area contributed by atoms with Gasteiger partial charge in [-0.2, -0.15) is 0 Å². The minimum absolute atomic E-state index is 0.169. The van der Waals surface area contributed by atoms with Crippen molar-refractivity contribution in [1.82, 2.24) is 9.47 Å². The number of carbonyl (C=O) groups is 1. The van der Waals surface area contributed by atoms with Crippen molar-refractivity contribution < 1.29 is 14.3 Å². The first-order valence-electron chi connectivity index (χ1n) is 7.67. The molecule has 0 bridgehead atoms. The molecule has 1 unspecified atom stereocenters. The lowest BCUT2D eigenvalue weighted by Crippen LogP contribution is -2.31. The molecular weight excluding hydrogens is 287 g/mol. The van der Waals surface area contributed by atoms with E-state index in [1.54, 1.807) is 12.3 Å². The topological polar surface area (TPSA) is 62.5 Å². The molecule has 0 amide bonds. The summed E-state index contributed by atoms with van der Waals surface area (Å²) in [4.78, 5) is 25.5. The number of nitrogens with zero attached hydrogens (tertiary/aromatic N) is 2. The number of alkyl halides is 1. The Balaban J connectivity index is 2.21. The maximum atomic E-state index is 13.2. The summed E-state index contributed by atoms with van der Waals surface area (Å²) in [5, 5.41) is 9.39. The van der Waals surface area contributed by atoms with E-state index < -0.39 is 18.2 Å². The Morgan fingerprint density at radius 1 is 1.45 bits per heavy atom. The summed E-state index contributed by atoms with van der Waals surface area (Å²) in [6.45, 7) is 5.48. The van der Waals surface area contributed by atoms with Crippen molar-refractivity contribution in [3.63, 3.8) is 0 Å². The fraction of sp³-hybridized carbons (Fsp3) is 0.625. The molecule has 1 fully saturated rings. The van der Waals surface area contributed by atoms with Gasteiger partial charge in [0, 0.05) is 31.9 Å². The van der Waals surface area contributed by atoms with Gasteiger partial charge in [-0.15, -0.1) is 0 Å². The molecule has 1 saturated heterocycles. The van der Waals surface area contributed by atoms with E-state index in [0.29, 0.717) is 32.5 Å². The summed E-state index contributed by atoms with van der Waals surface area (Å²) < 4.78 is 14.5. The van der Waals surface area contributed by atoms with Crippen LogP contribution >= 0.6 is 0 Å². The Labute approximate surface area is 129 Å². The highest BCUT2D eigenvalue weighted by atomic mass is 19.1. The zero-order valence-electron chi connectivity index (χ0n) is 13.0. The Morgan fingerprint density at radius 2 is 2.18 bits per heavy atom. The minimum atomic E-state index is -1.00. The second kappa shape index (κ2) is 7.05. The molecule has 22 heavy (non-hydrogen) atoms. The van der Waals surface area contributed by atoms with Crippen molar-refractivity contribution >= 4 is 5.97 Å². The molecule has 2 rings (SSSR count). The molecule has 0 radical (unpaired) electrons. The highest BCUT2D eigenvalue weighted by molar-refractivity contribution is 5.71. The Bertz CT molecular complexity index is 585. The van der Waals surface area contributed by atoms with Gasteiger partial charge < -0.3 is 9.67 Å². The number of aliphatic carboxylic acids is 1. The van der Waals surface area contributed by atoms with Crippen LogP contribution in [0.5, 0.6) is 0 Å². The fourth-order valence-electron chi connectivity index (χ4n) is 2.85. The van der Waals surface area contributed by atoms with Crippen molar-refractivity contribution in [2.24, 2.45) is 5.92 Å². The van der Waals surface area contributed by atoms with Gasteiger partial charge in [0.05, 0.1) is 0 Å². The first kappa shape index (κ1) is 16.7. The first-order valence-corrected chi connectivity index (χ1v) is 7.67. The van der Waals surface area contributed by atoms with Crippen LogP contribution in [0.1, 0.15) is 38.3 Å². The third-order valence-electron chi connectivity index (χ3n) is 3.94. The molecule has 1 aliphatic heterocycles. The molecule has 0 spiro atoms. The molecular formula is C16H23FN2O3. The highest BCUT2D eigenvalue weighted by Crippen LogP contribution is 2.19. The summed E-state index contributed by atoms with van der Waals surface area (Å²) in [5.41, 5.74) is 0.519. The number of hydrogen-bond donors (Lipinski definition) is 1. The molecule has 1 aromatic rings. The largest absolute Gasteiger partial charge is 0.480 e. The number of pyridine rings is 1. The van der Waals surface area contributed by atoms with Crippen LogP contribution in [0.2, 0.25) is 0 Å². The molecule has 0 aromatic carbocycles. The lowest BCUT2D eigenvalue weighted by molar-refractivity contribution is -0.141. The second-order valence-corrected chi connectivity index (χ2v) is 6.39. The molecule has 1 aromatic heterocycles. The van der Waals surface area contributed by atoms with Crippen molar-refractivity contribution in [3.05, 3.63) is 34.2 Å². The van der Waals surface area contributed by atoms with Crippen LogP contribution in [0, 0.1) is 5.92 Å². The quantitative estimate of drug-likeness (QED) is 0.873. The Morgan fingerprint density at radius 3 is 2.73 bits per heavy atom. The van der Waals surface area contributed by atoms with Gasteiger partial charge in [0.25, 0.3) is 5.56 Å². The van der Waals surface area contributed by atoms with Crippen LogP contribution in [0.3, 0.4) is 0 Å². The number of halogens is 1. The maximum Gasteiger partial charge on any atom is 0.326 e. The van der Waals surface area contributed by atoms with Crippen LogP contribution < -0.4 is 5.56 Å². The average Bonchev–Trinajstić information content (AvgIpc) is 2.83. The van der Waals surface area contributed by atoms with Crippen LogP contribution in [0.15, 0.2) is 23.1 Å². The predicted octanol–water partition coefficient (Wildman–Crippen LogP) is 2.06. The molecule has 5 nitrogen and oxygen atoms in total. The molecule has 2 atom stereocenters. The van der Waals surface area contributed by atoms with Gasteiger partial charge in [0.1, 0.15) is 12.2 Å².